The van der Waals surface area contributed by atoms with Crippen LogP contribution < -0.4 is 0 Å². The monoisotopic (exact) mass is 365 g/mol. The molecule has 2 unspecified atom stereocenters. The van der Waals surface area contributed by atoms with Crippen molar-refractivity contribution in [3.8, 4) is 0 Å². The lowest BCUT2D eigenvalue weighted by molar-refractivity contribution is -0.139. The minimum Gasteiger partial charge on any atom is -0.462 e. The summed E-state index contributed by atoms with van der Waals surface area (Å²) in [4.78, 5) is 11.1. The number of ether oxygens (including phenoxy) is 1. The van der Waals surface area contributed by atoms with Crippen molar-refractivity contribution in [1.29, 1.82) is 0 Å². The number of rotatable bonds is 7. The molecule has 0 saturated carbocycles. The Kier molecular flexibility index (Phi) is 5.74. The molecular weight excluding hydrogens is 338 g/mol. The third kappa shape index (κ3) is 4.50. The zero-order valence-electron chi connectivity index (χ0n) is 15.6. The molecule has 1 aromatic carbocycles. The molecule has 1 saturated heterocycles. The molecule has 0 spiro atoms. The summed E-state index contributed by atoms with van der Waals surface area (Å²) in [5.41, 5.74) is 1.76. The molecule has 138 valence electrons. The number of nitrogens with zero attached hydrogens (tertiary/aromatic N) is 1. The normalized spacial score (nSPS) is 22.5. The van der Waals surface area contributed by atoms with Gasteiger partial charge < -0.3 is 4.74 Å². The van der Waals surface area contributed by atoms with Crippen LogP contribution in [-0.2, 0) is 19.6 Å². The number of carbonyl (C=O) groups is 1. The number of aryl methyl sites for hydroxylation is 1. The molecule has 2 atom stereocenters. The second-order valence-corrected chi connectivity index (χ2v) is 8.99. The molecule has 2 rings (SSSR count). The molecule has 1 aliphatic heterocycles. The SMILES string of the molecule is CC(=O)OC/C=C(\C)CCC1N(S(=O)(=O)c2ccc(C)cc2)C1(C)C. The predicted octanol–water partition coefficient (Wildman–Crippen LogP) is 3.44. The van der Waals surface area contributed by atoms with Crippen molar-refractivity contribution in [2.24, 2.45) is 0 Å². The lowest BCUT2D eigenvalue weighted by Crippen LogP contribution is -2.18. The van der Waals surface area contributed by atoms with E-state index < -0.39 is 10.0 Å². The Labute approximate surface area is 150 Å². The molecule has 0 amide bonds. The maximum Gasteiger partial charge on any atom is 0.302 e. The van der Waals surface area contributed by atoms with E-state index in [1.165, 1.54) is 6.92 Å². The van der Waals surface area contributed by atoms with Gasteiger partial charge in [-0.25, -0.2) is 8.42 Å². The summed E-state index contributed by atoms with van der Waals surface area (Å²) >= 11 is 0. The van der Waals surface area contributed by atoms with Crippen LogP contribution in [0.2, 0.25) is 0 Å². The average molecular weight is 365 g/mol. The van der Waals surface area contributed by atoms with Gasteiger partial charge in [0.1, 0.15) is 6.61 Å². The van der Waals surface area contributed by atoms with Gasteiger partial charge in [0.2, 0.25) is 10.0 Å². The Morgan fingerprint density at radius 1 is 1.24 bits per heavy atom. The molecule has 5 nitrogen and oxygen atoms in total. The van der Waals surface area contributed by atoms with Gasteiger partial charge in [0.05, 0.1) is 4.90 Å². The van der Waals surface area contributed by atoms with E-state index in [4.69, 9.17) is 4.74 Å². The number of carbonyl (C=O) groups excluding carboxylic acids is 1. The summed E-state index contributed by atoms with van der Waals surface area (Å²) in [6, 6.07) is 6.96. The van der Waals surface area contributed by atoms with Crippen molar-refractivity contribution < 1.29 is 17.9 Å². The average Bonchev–Trinajstić information content (AvgIpc) is 3.07. The van der Waals surface area contributed by atoms with Gasteiger partial charge in [-0.1, -0.05) is 23.3 Å². The molecule has 1 heterocycles. The molecule has 6 heteroatoms. The number of sulfonamides is 1. The van der Waals surface area contributed by atoms with E-state index in [1.54, 1.807) is 16.4 Å². The van der Waals surface area contributed by atoms with E-state index in [1.807, 2.05) is 45.9 Å². The van der Waals surface area contributed by atoms with Crippen molar-refractivity contribution in [1.82, 2.24) is 4.31 Å². The van der Waals surface area contributed by atoms with E-state index in [0.717, 1.165) is 24.0 Å². The first-order chi connectivity index (χ1) is 11.6. The van der Waals surface area contributed by atoms with Gasteiger partial charge in [-0.05, 0) is 58.7 Å². The van der Waals surface area contributed by atoms with Gasteiger partial charge in [-0.2, -0.15) is 4.31 Å². The van der Waals surface area contributed by atoms with Crippen LogP contribution in [0.5, 0.6) is 0 Å². The Bertz CT molecular complexity index is 763. The van der Waals surface area contributed by atoms with Gasteiger partial charge in [-0.3, -0.25) is 4.79 Å². The van der Waals surface area contributed by atoms with Crippen LogP contribution in [0.1, 0.15) is 46.1 Å². The molecule has 0 radical (unpaired) electrons. The van der Waals surface area contributed by atoms with Crippen LogP contribution in [0, 0.1) is 6.92 Å². The van der Waals surface area contributed by atoms with E-state index in [9.17, 15) is 13.2 Å². The van der Waals surface area contributed by atoms with Crippen LogP contribution in [0.25, 0.3) is 0 Å². The quantitative estimate of drug-likeness (QED) is 0.422. The van der Waals surface area contributed by atoms with E-state index >= 15 is 0 Å². The van der Waals surface area contributed by atoms with Crippen LogP contribution in [0.4, 0.5) is 0 Å². The topological polar surface area (TPSA) is 63.5 Å². The van der Waals surface area contributed by atoms with Gasteiger partial charge in [0.25, 0.3) is 0 Å². The maximum atomic E-state index is 12.9. The predicted molar refractivity (Wildman–Crippen MR) is 97.7 cm³/mol. The van der Waals surface area contributed by atoms with E-state index in [2.05, 4.69) is 0 Å². The molecule has 1 fully saturated rings. The number of allylic oxidation sites excluding steroid dienone is 1. The van der Waals surface area contributed by atoms with Crippen LogP contribution in [-0.4, -0.2) is 36.9 Å². The number of hydrogen-bond donors (Lipinski definition) is 0. The van der Waals surface area contributed by atoms with E-state index in [0.29, 0.717) is 4.90 Å². The Hall–Kier alpha value is -1.66. The first kappa shape index (κ1) is 19.7. The van der Waals surface area contributed by atoms with Gasteiger partial charge in [0, 0.05) is 18.5 Å². The van der Waals surface area contributed by atoms with Crippen molar-refractivity contribution in [3.63, 3.8) is 0 Å². The Morgan fingerprint density at radius 2 is 1.84 bits per heavy atom. The second kappa shape index (κ2) is 7.30. The van der Waals surface area contributed by atoms with Gasteiger partial charge in [-0.15, -0.1) is 0 Å². The molecule has 25 heavy (non-hydrogen) atoms. The molecule has 0 bridgehead atoms. The third-order valence-electron chi connectivity index (χ3n) is 4.71. The lowest BCUT2D eigenvalue weighted by atomic mass is 10.0. The highest BCUT2D eigenvalue weighted by atomic mass is 32.2. The molecular formula is C19H27NO4S. The summed E-state index contributed by atoms with van der Waals surface area (Å²) in [6.45, 7) is 9.47. The fourth-order valence-corrected chi connectivity index (χ4v) is 5.17. The van der Waals surface area contributed by atoms with E-state index in [-0.39, 0.29) is 24.2 Å². The fourth-order valence-electron chi connectivity index (χ4n) is 3.07. The van der Waals surface area contributed by atoms with Crippen molar-refractivity contribution in [2.45, 2.75) is 63.9 Å². The maximum absolute atomic E-state index is 12.9. The van der Waals surface area contributed by atoms with Gasteiger partial charge in [0.15, 0.2) is 0 Å². The summed E-state index contributed by atoms with van der Waals surface area (Å²) in [5, 5.41) is 0. The van der Waals surface area contributed by atoms with Crippen LogP contribution in [0.15, 0.2) is 40.8 Å². The van der Waals surface area contributed by atoms with Crippen molar-refractivity contribution in [3.05, 3.63) is 41.5 Å². The molecule has 0 aliphatic carbocycles. The first-order valence-electron chi connectivity index (χ1n) is 8.47. The number of esters is 1. The number of benzene rings is 1. The molecule has 1 aliphatic rings. The molecule has 0 aromatic heterocycles. The van der Waals surface area contributed by atoms with Crippen molar-refractivity contribution >= 4 is 16.0 Å². The minimum absolute atomic E-state index is 0.0177. The minimum atomic E-state index is -3.47. The highest BCUT2D eigenvalue weighted by Gasteiger charge is 2.61. The highest BCUT2D eigenvalue weighted by molar-refractivity contribution is 7.89. The largest absolute Gasteiger partial charge is 0.462 e. The van der Waals surface area contributed by atoms with Crippen LogP contribution >= 0.6 is 0 Å². The third-order valence-corrected chi connectivity index (χ3v) is 6.82. The smallest absolute Gasteiger partial charge is 0.302 e. The fraction of sp³-hybridized carbons (Fsp3) is 0.526. The highest BCUT2D eigenvalue weighted by Crippen LogP contribution is 2.48. The van der Waals surface area contributed by atoms with Crippen molar-refractivity contribution in [2.75, 3.05) is 6.61 Å². The summed E-state index contributed by atoms with van der Waals surface area (Å²) in [7, 11) is -3.47. The van der Waals surface area contributed by atoms with Crippen LogP contribution in [0.3, 0.4) is 0 Å². The summed E-state index contributed by atoms with van der Waals surface area (Å²) < 4.78 is 32.3. The zero-order valence-corrected chi connectivity index (χ0v) is 16.4. The Morgan fingerprint density at radius 3 is 2.40 bits per heavy atom. The number of hydrogen-bond acceptors (Lipinski definition) is 4. The standard InChI is InChI=1S/C19H27NO4S/c1-14-6-9-17(10-7-14)25(22,23)20-18(19(20,4)5)11-8-15(2)12-13-24-16(3)21/h6-7,9-10,12,18H,8,11,13H2,1-5H3/b15-12+. The lowest BCUT2D eigenvalue weighted by Gasteiger charge is -2.09. The zero-order chi connectivity index (χ0) is 18.8. The summed E-state index contributed by atoms with van der Waals surface area (Å²) in [5.74, 6) is -0.303. The second-order valence-electron chi connectivity index (χ2n) is 7.18. The summed E-state index contributed by atoms with van der Waals surface area (Å²) in [6.07, 6.45) is 3.39. The Balaban J connectivity index is 2.01. The van der Waals surface area contributed by atoms with Gasteiger partial charge >= 0.3 is 5.97 Å². The first-order valence-corrected chi connectivity index (χ1v) is 9.91. The molecule has 0 N–H and O–H groups in total. The molecule has 1 aromatic rings.